The third-order valence-corrected chi connectivity index (χ3v) is 2.24. The maximum atomic E-state index is 11.2. The van der Waals surface area contributed by atoms with Crippen molar-refractivity contribution >= 4 is 6.09 Å². The molecule has 2 aliphatic rings. The van der Waals surface area contributed by atoms with Crippen LogP contribution in [0, 0.1) is 11.3 Å². The van der Waals surface area contributed by atoms with Crippen LogP contribution >= 0.6 is 0 Å². The van der Waals surface area contributed by atoms with Gasteiger partial charge in [-0.2, -0.15) is 5.26 Å². The van der Waals surface area contributed by atoms with Crippen molar-refractivity contribution in [1.82, 2.24) is 4.90 Å². The van der Waals surface area contributed by atoms with Gasteiger partial charge in [0.2, 0.25) is 0 Å². The van der Waals surface area contributed by atoms with Gasteiger partial charge in [-0.1, -0.05) is 0 Å². The van der Waals surface area contributed by atoms with Crippen molar-refractivity contribution in [2.24, 2.45) is 0 Å². The zero-order valence-corrected chi connectivity index (χ0v) is 6.69. The van der Waals surface area contributed by atoms with Gasteiger partial charge in [-0.05, 0) is 12.8 Å². The molecule has 0 radical (unpaired) electrons. The highest BCUT2D eigenvalue weighted by Crippen LogP contribution is 2.29. The first kappa shape index (κ1) is 7.41. The molecule has 1 atom stereocenters. The largest absolute Gasteiger partial charge is 0.431 e. The van der Waals surface area contributed by atoms with E-state index in [2.05, 4.69) is 0 Å². The van der Waals surface area contributed by atoms with E-state index in [9.17, 15) is 4.79 Å². The Morgan fingerprint density at radius 3 is 2.75 bits per heavy atom. The molecule has 0 bridgehead atoms. The van der Waals surface area contributed by atoms with Crippen LogP contribution in [0.4, 0.5) is 4.79 Å². The molecule has 1 aliphatic carbocycles. The number of carbonyl (C=O) groups excluding carboxylic acids is 1. The highest BCUT2D eigenvalue weighted by atomic mass is 16.6. The van der Waals surface area contributed by atoms with Crippen LogP contribution in [0.1, 0.15) is 19.3 Å². The number of hydrogen-bond donors (Lipinski definition) is 0. The smallest absolute Gasteiger partial charge is 0.411 e. The summed E-state index contributed by atoms with van der Waals surface area (Å²) in [4.78, 5) is 12.9. The van der Waals surface area contributed by atoms with Gasteiger partial charge in [0.1, 0.15) is 6.07 Å². The summed E-state index contributed by atoms with van der Waals surface area (Å²) in [6, 6.07) is 2.34. The maximum Gasteiger partial charge on any atom is 0.411 e. The number of ether oxygens (including phenoxy) is 1. The Morgan fingerprint density at radius 1 is 1.50 bits per heavy atom. The normalized spacial score (nSPS) is 29.4. The molecule has 1 unspecified atom stereocenters. The van der Waals surface area contributed by atoms with Crippen LogP contribution in [-0.2, 0) is 4.74 Å². The average molecular weight is 166 g/mol. The van der Waals surface area contributed by atoms with Gasteiger partial charge in [-0.15, -0.1) is 0 Å². The predicted molar refractivity (Wildman–Crippen MR) is 40.2 cm³/mol. The number of amides is 1. The third kappa shape index (κ3) is 1.22. The van der Waals surface area contributed by atoms with Gasteiger partial charge in [0.25, 0.3) is 0 Å². The van der Waals surface area contributed by atoms with Crippen LogP contribution in [0.25, 0.3) is 0 Å². The second-order valence-electron chi connectivity index (χ2n) is 3.21. The SMILES string of the molecule is N#CC1CCN(C2CC2)C(=O)O1. The number of carbonyl (C=O) groups is 1. The van der Waals surface area contributed by atoms with Crippen LogP contribution < -0.4 is 0 Å². The summed E-state index contributed by atoms with van der Waals surface area (Å²) in [6.07, 6.45) is 2.00. The lowest BCUT2D eigenvalue weighted by atomic mass is 10.2. The van der Waals surface area contributed by atoms with Gasteiger partial charge >= 0.3 is 6.09 Å². The number of hydrogen-bond acceptors (Lipinski definition) is 3. The van der Waals surface area contributed by atoms with Crippen molar-refractivity contribution in [1.29, 1.82) is 5.26 Å². The lowest BCUT2D eigenvalue weighted by Gasteiger charge is -2.28. The predicted octanol–water partition coefficient (Wildman–Crippen LogP) is 0.883. The molecule has 1 saturated carbocycles. The summed E-state index contributed by atoms with van der Waals surface area (Å²) in [5, 5.41) is 8.50. The van der Waals surface area contributed by atoms with Crippen molar-refractivity contribution in [2.45, 2.75) is 31.4 Å². The molecule has 0 aromatic rings. The summed E-state index contributed by atoms with van der Waals surface area (Å²) >= 11 is 0. The molecule has 1 aliphatic heterocycles. The highest BCUT2D eigenvalue weighted by Gasteiger charge is 2.37. The number of nitriles is 1. The first-order chi connectivity index (χ1) is 5.81. The van der Waals surface area contributed by atoms with Gasteiger partial charge in [-0.3, -0.25) is 0 Å². The lowest BCUT2D eigenvalue weighted by molar-refractivity contribution is 0.0448. The standard InChI is InChI=1S/C8H10N2O2/c9-5-7-3-4-10(6-1-2-6)8(11)12-7/h6-7H,1-4H2. The Hall–Kier alpha value is -1.24. The highest BCUT2D eigenvalue weighted by molar-refractivity contribution is 5.69. The first-order valence-electron chi connectivity index (χ1n) is 4.18. The number of nitrogens with zero attached hydrogens (tertiary/aromatic N) is 2. The summed E-state index contributed by atoms with van der Waals surface area (Å²) in [7, 11) is 0. The van der Waals surface area contributed by atoms with E-state index in [1.165, 1.54) is 0 Å². The van der Waals surface area contributed by atoms with Crippen LogP contribution in [0.15, 0.2) is 0 Å². The molecular formula is C8H10N2O2. The van der Waals surface area contributed by atoms with Crippen molar-refractivity contribution in [2.75, 3.05) is 6.54 Å². The average Bonchev–Trinajstić information content (AvgIpc) is 2.87. The fourth-order valence-electron chi connectivity index (χ4n) is 1.40. The van der Waals surface area contributed by atoms with Crippen molar-refractivity contribution < 1.29 is 9.53 Å². The Bertz CT molecular complexity index is 242. The molecule has 0 aromatic heterocycles. The van der Waals surface area contributed by atoms with Gasteiger partial charge in [0.15, 0.2) is 6.10 Å². The molecule has 0 N–H and O–H groups in total. The van der Waals surface area contributed by atoms with Gasteiger partial charge in [0.05, 0.1) is 0 Å². The van der Waals surface area contributed by atoms with E-state index in [4.69, 9.17) is 10.00 Å². The minimum atomic E-state index is -0.521. The number of cyclic esters (lactones) is 1. The van der Waals surface area contributed by atoms with Gasteiger partial charge in [-0.25, -0.2) is 4.79 Å². The van der Waals surface area contributed by atoms with E-state index in [0.717, 1.165) is 12.8 Å². The monoisotopic (exact) mass is 166 g/mol. The molecular weight excluding hydrogens is 156 g/mol. The lowest BCUT2D eigenvalue weighted by Crippen LogP contribution is -2.42. The van der Waals surface area contributed by atoms with Crippen LogP contribution in [0.2, 0.25) is 0 Å². The van der Waals surface area contributed by atoms with Crippen LogP contribution in [-0.4, -0.2) is 29.7 Å². The molecule has 0 aromatic carbocycles. The van der Waals surface area contributed by atoms with Crippen LogP contribution in [0.3, 0.4) is 0 Å². The fourth-order valence-corrected chi connectivity index (χ4v) is 1.40. The molecule has 0 spiro atoms. The van der Waals surface area contributed by atoms with E-state index in [-0.39, 0.29) is 6.09 Å². The van der Waals surface area contributed by atoms with E-state index in [1.807, 2.05) is 6.07 Å². The van der Waals surface area contributed by atoms with Crippen molar-refractivity contribution in [3.8, 4) is 6.07 Å². The third-order valence-electron chi connectivity index (χ3n) is 2.24. The molecule has 1 saturated heterocycles. The quantitative estimate of drug-likeness (QED) is 0.581. The zero-order chi connectivity index (χ0) is 8.55. The fraction of sp³-hybridized carbons (Fsp3) is 0.750. The molecule has 12 heavy (non-hydrogen) atoms. The van der Waals surface area contributed by atoms with Crippen molar-refractivity contribution in [3.05, 3.63) is 0 Å². The molecule has 1 amide bonds. The molecule has 2 fully saturated rings. The topological polar surface area (TPSA) is 53.3 Å². The second kappa shape index (κ2) is 2.67. The molecule has 2 rings (SSSR count). The minimum Gasteiger partial charge on any atom is -0.431 e. The molecule has 4 nitrogen and oxygen atoms in total. The summed E-state index contributed by atoms with van der Waals surface area (Å²) in [5.74, 6) is 0. The number of rotatable bonds is 1. The van der Waals surface area contributed by atoms with Crippen LogP contribution in [0.5, 0.6) is 0 Å². The second-order valence-corrected chi connectivity index (χ2v) is 3.21. The minimum absolute atomic E-state index is 0.310. The first-order valence-corrected chi connectivity index (χ1v) is 4.18. The summed E-state index contributed by atoms with van der Waals surface area (Å²) in [6.45, 7) is 0.682. The maximum absolute atomic E-state index is 11.2. The van der Waals surface area contributed by atoms with E-state index in [1.54, 1.807) is 4.90 Å². The van der Waals surface area contributed by atoms with Gasteiger partial charge < -0.3 is 9.64 Å². The Labute approximate surface area is 70.7 Å². The molecule has 64 valence electrons. The van der Waals surface area contributed by atoms with E-state index < -0.39 is 6.10 Å². The van der Waals surface area contributed by atoms with Gasteiger partial charge in [0, 0.05) is 19.0 Å². The van der Waals surface area contributed by atoms with E-state index in [0.29, 0.717) is 19.0 Å². The molecule has 1 heterocycles. The Kier molecular flexibility index (Phi) is 1.65. The molecule has 4 heteroatoms. The summed E-state index contributed by atoms with van der Waals surface area (Å²) < 4.78 is 4.88. The Balaban J connectivity index is 1.96. The van der Waals surface area contributed by atoms with Crippen molar-refractivity contribution in [3.63, 3.8) is 0 Å². The Morgan fingerprint density at radius 2 is 2.25 bits per heavy atom. The summed E-state index contributed by atoms with van der Waals surface area (Å²) in [5.41, 5.74) is 0. The van der Waals surface area contributed by atoms with E-state index >= 15 is 0 Å². The zero-order valence-electron chi connectivity index (χ0n) is 6.69.